The predicted molar refractivity (Wildman–Crippen MR) is 315 cm³/mol. The minimum Gasteiger partial charge on any atom is -0.458 e. The molecular formula is C68H48B2N2O4. The molecular weight excluding hydrogens is 930 g/mol. The first-order chi connectivity index (χ1) is 37.0. The van der Waals surface area contributed by atoms with Crippen LogP contribution in [0.15, 0.2) is 191 Å². The zero-order chi connectivity index (χ0) is 50.7. The van der Waals surface area contributed by atoms with Crippen molar-refractivity contribution in [2.45, 2.75) is 52.4 Å². The highest BCUT2D eigenvalue weighted by Crippen LogP contribution is 2.62. The summed E-state index contributed by atoms with van der Waals surface area (Å²) in [7, 11) is 0. The number of fused-ring (bicyclic) bond motifs is 14. The van der Waals surface area contributed by atoms with Crippen molar-refractivity contribution in [2.75, 3.05) is 9.80 Å². The van der Waals surface area contributed by atoms with E-state index < -0.39 is 0 Å². The molecule has 6 nitrogen and oxygen atoms in total. The zero-order valence-electron chi connectivity index (χ0n) is 43.0. The second kappa shape index (κ2) is 14.5. The van der Waals surface area contributed by atoms with Crippen LogP contribution in [-0.4, -0.2) is 13.4 Å². The maximum atomic E-state index is 7.51. The van der Waals surface area contributed by atoms with Gasteiger partial charge < -0.3 is 28.1 Å². The fraction of sp³-hybridized carbons (Fsp3) is 0.118. The summed E-state index contributed by atoms with van der Waals surface area (Å²) in [6.45, 7) is 13.2. The summed E-state index contributed by atoms with van der Waals surface area (Å²) in [4.78, 5) is 5.06. The Kier molecular flexibility index (Phi) is 8.10. The van der Waals surface area contributed by atoms with E-state index in [-0.39, 0.29) is 24.3 Å². The van der Waals surface area contributed by atoms with Crippen molar-refractivity contribution in [3.8, 4) is 45.3 Å². The molecule has 0 aliphatic carbocycles. The second-order valence-corrected chi connectivity index (χ2v) is 23.5. The van der Waals surface area contributed by atoms with Gasteiger partial charge in [0.05, 0.1) is 11.4 Å². The van der Waals surface area contributed by atoms with Crippen molar-refractivity contribution in [1.82, 2.24) is 0 Å². The summed E-state index contributed by atoms with van der Waals surface area (Å²) in [6.07, 6.45) is 0. The molecule has 0 spiro atoms. The maximum Gasteiger partial charge on any atom is 0.256 e. The van der Waals surface area contributed by atoms with Crippen LogP contribution < -0.4 is 52.1 Å². The van der Waals surface area contributed by atoms with Crippen LogP contribution in [0.5, 0.6) is 23.0 Å². The van der Waals surface area contributed by atoms with Crippen molar-refractivity contribution in [3.63, 3.8) is 0 Å². The summed E-state index contributed by atoms with van der Waals surface area (Å²) in [5.41, 5.74) is 23.1. The van der Waals surface area contributed by atoms with E-state index in [0.717, 1.165) is 145 Å². The first kappa shape index (κ1) is 42.5. The highest BCUT2D eigenvalue weighted by Gasteiger charge is 2.55. The largest absolute Gasteiger partial charge is 0.458 e. The van der Waals surface area contributed by atoms with E-state index in [1.54, 1.807) is 0 Å². The van der Waals surface area contributed by atoms with Gasteiger partial charge in [-0.05, 0) is 90.1 Å². The quantitative estimate of drug-likeness (QED) is 0.164. The number of ether oxygens (including phenoxy) is 2. The molecule has 360 valence electrons. The van der Waals surface area contributed by atoms with Gasteiger partial charge in [0, 0.05) is 50.1 Å². The molecule has 8 heteroatoms. The molecule has 12 aromatic rings. The van der Waals surface area contributed by atoms with E-state index in [9.17, 15) is 0 Å². The SMILES string of the molecule is CC(C)(C)c1ccc2c(c1)oc1c3c4c(cc12)B1c2cccc(-c5ccccc5)c2Oc2cc5c6c(c21)N4c1c(cc2c(oc4cc(C(C)(C)C)ccc42)c1N3c1ccccc1)B6c1cccc(-c2ccccc2)c1O5. The Bertz CT molecular complexity index is 4300. The van der Waals surface area contributed by atoms with Crippen LogP contribution in [0.4, 0.5) is 34.1 Å². The molecule has 0 fully saturated rings. The number of rotatable bonds is 3. The van der Waals surface area contributed by atoms with Crippen molar-refractivity contribution < 1.29 is 18.3 Å². The number of hydrogen-bond donors (Lipinski definition) is 0. The number of para-hydroxylation sites is 3. The third-order valence-electron chi connectivity index (χ3n) is 17.2. The Morgan fingerprint density at radius 2 is 0.816 bits per heavy atom. The molecule has 0 amide bonds. The van der Waals surface area contributed by atoms with Crippen molar-refractivity contribution in [3.05, 3.63) is 193 Å². The van der Waals surface area contributed by atoms with Gasteiger partial charge in [0.25, 0.3) is 13.4 Å². The molecule has 0 saturated carbocycles. The minimum atomic E-state index is -0.222. The summed E-state index contributed by atoms with van der Waals surface area (Å²) in [5, 5.41) is 4.29. The van der Waals surface area contributed by atoms with E-state index >= 15 is 0 Å². The molecule has 5 aliphatic rings. The average Bonchev–Trinajstić information content (AvgIpc) is 3.61. The standard InChI is InChI=1S/C68H48B2N2O4/c1-67(2,3)39-28-30-44-46-34-50-58-61(65(46)73-52(44)32-39)71(41-22-14-9-15-23-41)62-59-51(35-47-45-31-29-40(68(4,5)6)33-53(45)74-66(47)62)70-49-27-17-25-43(38-20-12-8-13-21-38)64(49)76-55-36-54-56(60(57(55)70)72(58)59)69(50)48-26-16-24-42(63(48)75-54)37-18-10-7-11-19-37/h7-36H,1-6H3. The van der Waals surface area contributed by atoms with Crippen LogP contribution in [0.3, 0.4) is 0 Å². The van der Waals surface area contributed by atoms with Gasteiger partial charge in [-0.25, -0.2) is 0 Å². The van der Waals surface area contributed by atoms with E-state index in [0.29, 0.717) is 0 Å². The molecule has 5 aliphatic heterocycles. The van der Waals surface area contributed by atoms with Gasteiger partial charge in [0.1, 0.15) is 45.5 Å². The molecule has 0 bridgehead atoms. The summed E-state index contributed by atoms with van der Waals surface area (Å²) in [6, 6.07) is 66.3. The van der Waals surface area contributed by atoms with Crippen LogP contribution in [0.25, 0.3) is 66.1 Å². The van der Waals surface area contributed by atoms with Crippen LogP contribution in [-0.2, 0) is 10.8 Å². The molecule has 0 atom stereocenters. The van der Waals surface area contributed by atoms with Gasteiger partial charge in [0.2, 0.25) is 0 Å². The maximum absolute atomic E-state index is 7.51. The zero-order valence-corrected chi connectivity index (χ0v) is 43.0. The normalized spacial score (nSPS) is 14.3. The minimum absolute atomic E-state index is 0.0852. The summed E-state index contributed by atoms with van der Waals surface area (Å²) in [5.74, 6) is 3.30. The van der Waals surface area contributed by atoms with Crippen molar-refractivity contribution in [1.29, 1.82) is 0 Å². The summed E-state index contributed by atoms with van der Waals surface area (Å²) < 4.78 is 29.9. The van der Waals surface area contributed by atoms with Crippen LogP contribution in [0, 0.1) is 0 Å². The molecule has 0 saturated heterocycles. The topological polar surface area (TPSA) is 51.2 Å². The lowest BCUT2D eigenvalue weighted by Crippen LogP contribution is -2.67. The first-order valence-corrected chi connectivity index (χ1v) is 26.6. The van der Waals surface area contributed by atoms with Crippen LogP contribution in [0.1, 0.15) is 52.7 Å². The van der Waals surface area contributed by atoms with Gasteiger partial charge in [-0.2, -0.15) is 0 Å². The predicted octanol–water partition coefficient (Wildman–Crippen LogP) is 14.5. The monoisotopic (exact) mass is 978 g/mol. The van der Waals surface area contributed by atoms with Crippen LogP contribution in [0.2, 0.25) is 0 Å². The van der Waals surface area contributed by atoms with Gasteiger partial charge in [0.15, 0.2) is 11.2 Å². The molecule has 0 unspecified atom stereocenters. The lowest BCUT2D eigenvalue weighted by molar-refractivity contribution is 0.467. The lowest BCUT2D eigenvalue weighted by Gasteiger charge is -2.51. The van der Waals surface area contributed by atoms with Gasteiger partial charge >= 0.3 is 0 Å². The molecule has 0 N–H and O–H groups in total. The Morgan fingerprint density at radius 1 is 0.368 bits per heavy atom. The van der Waals surface area contributed by atoms with E-state index in [1.165, 1.54) is 22.1 Å². The first-order valence-electron chi connectivity index (χ1n) is 26.6. The Balaban J connectivity index is 1.08. The Hall–Kier alpha value is -8.87. The molecule has 7 heterocycles. The van der Waals surface area contributed by atoms with E-state index in [1.807, 2.05) is 0 Å². The highest BCUT2D eigenvalue weighted by molar-refractivity contribution is 7.04. The summed E-state index contributed by atoms with van der Waals surface area (Å²) >= 11 is 0. The number of nitrogens with zero attached hydrogens (tertiary/aromatic N) is 2. The van der Waals surface area contributed by atoms with Gasteiger partial charge in [-0.15, -0.1) is 0 Å². The number of hydrogen-bond acceptors (Lipinski definition) is 6. The number of benzene rings is 10. The van der Waals surface area contributed by atoms with E-state index in [4.69, 9.17) is 18.3 Å². The molecule has 0 radical (unpaired) electrons. The average molecular weight is 979 g/mol. The smallest absolute Gasteiger partial charge is 0.256 e. The molecule has 2 aromatic heterocycles. The Morgan fingerprint density at radius 3 is 1.26 bits per heavy atom. The van der Waals surface area contributed by atoms with Crippen molar-refractivity contribution in [2.24, 2.45) is 0 Å². The molecule has 17 rings (SSSR count). The number of anilines is 6. The van der Waals surface area contributed by atoms with Gasteiger partial charge in [-0.3, -0.25) is 0 Å². The Labute approximate surface area is 440 Å². The second-order valence-electron chi connectivity index (χ2n) is 23.5. The highest BCUT2D eigenvalue weighted by atomic mass is 16.5. The van der Waals surface area contributed by atoms with Crippen molar-refractivity contribution >= 4 is 124 Å². The third kappa shape index (κ3) is 5.48. The molecule has 76 heavy (non-hydrogen) atoms. The fourth-order valence-corrected chi connectivity index (χ4v) is 13.6. The van der Waals surface area contributed by atoms with E-state index in [2.05, 4.69) is 233 Å². The van der Waals surface area contributed by atoms with Gasteiger partial charge in [-0.1, -0.05) is 193 Å². The molecule has 10 aromatic carbocycles. The van der Waals surface area contributed by atoms with Crippen LogP contribution >= 0.6 is 0 Å². The fourth-order valence-electron chi connectivity index (χ4n) is 13.6. The number of furan rings is 2. The third-order valence-corrected chi connectivity index (χ3v) is 17.2. The lowest BCUT2D eigenvalue weighted by atomic mass is 9.29.